The molecule has 1 saturated heterocycles. The Kier molecular flexibility index (Phi) is 4.15. The quantitative estimate of drug-likeness (QED) is 0.777. The van der Waals surface area contributed by atoms with Crippen molar-refractivity contribution in [1.29, 1.82) is 0 Å². The van der Waals surface area contributed by atoms with Gasteiger partial charge >= 0.3 is 0 Å². The van der Waals surface area contributed by atoms with E-state index < -0.39 is 17.1 Å². The van der Waals surface area contributed by atoms with Gasteiger partial charge in [-0.25, -0.2) is 0 Å². The summed E-state index contributed by atoms with van der Waals surface area (Å²) in [6.45, 7) is 0.537. The molecule has 1 aliphatic carbocycles. The molecule has 2 aliphatic heterocycles. The lowest BCUT2D eigenvalue weighted by atomic mass is 9.64. The Labute approximate surface area is 175 Å². The van der Waals surface area contributed by atoms with Crippen LogP contribution in [0.15, 0.2) is 29.2 Å². The maximum Gasteiger partial charge on any atom is 0.275 e. The maximum absolute atomic E-state index is 12.8. The summed E-state index contributed by atoms with van der Waals surface area (Å²) in [4.78, 5) is 39.8. The van der Waals surface area contributed by atoms with Crippen LogP contribution in [0.1, 0.15) is 39.3 Å². The zero-order chi connectivity index (χ0) is 20.4. The fraction of sp³-hybridized carbons (Fsp3) is 0.350. The number of nitrogens with zero attached hydrogens (tertiary/aromatic N) is 2. The summed E-state index contributed by atoms with van der Waals surface area (Å²) >= 11 is 12.1. The molecule has 0 bridgehead atoms. The van der Waals surface area contributed by atoms with Crippen LogP contribution in [-0.2, 0) is 13.1 Å². The minimum Gasteiger partial charge on any atom is -0.503 e. The second-order valence-electron chi connectivity index (χ2n) is 7.71. The number of piperidine rings is 1. The molecule has 150 valence electrons. The van der Waals surface area contributed by atoms with Gasteiger partial charge in [-0.3, -0.25) is 14.4 Å². The first-order valence-corrected chi connectivity index (χ1v) is 10.1. The van der Waals surface area contributed by atoms with Crippen molar-refractivity contribution in [1.82, 2.24) is 14.8 Å². The summed E-state index contributed by atoms with van der Waals surface area (Å²) in [5.74, 6) is -1.20. The van der Waals surface area contributed by atoms with Crippen molar-refractivity contribution in [2.45, 2.75) is 38.0 Å². The number of carbonyl (C=O) groups excluding carboxylic acids is 2. The third-order valence-corrected chi connectivity index (χ3v) is 7.15. The number of halogens is 2. The van der Waals surface area contributed by atoms with Gasteiger partial charge in [-0.1, -0.05) is 35.3 Å². The summed E-state index contributed by atoms with van der Waals surface area (Å²) < 4.78 is 1.54. The summed E-state index contributed by atoms with van der Waals surface area (Å²) in [5, 5.41) is 13.7. The first-order chi connectivity index (χ1) is 13.9. The molecule has 1 saturated carbocycles. The highest BCUT2D eigenvalue weighted by molar-refractivity contribution is 6.42. The zero-order valence-corrected chi connectivity index (χ0v) is 16.7. The molecular weight excluding hydrogens is 417 g/mol. The fourth-order valence-electron chi connectivity index (χ4n) is 4.64. The number of pyridine rings is 1. The number of fused-ring (bicyclic) bond motifs is 5. The van der Waals surface area contributed by atoms with Gasteiger partial charge in [0.1, 0.15) is 5.56 Å². The van der Waals surface area contributed by atoms with Crippen molar-refractivity contribution >= 4 is 35.0 Å². The van der Waals surface area contributed by atoms with E-state index in [-0.39, 0.29) is 35.8 Å². The number of aromatic hydroxyl groups is 1. The number of carbonyl (C=O) groups is 2. The number of benzene rings is 1. The van der Waals surface area contributed by atoms with E-state index in [4.69, 9.17) is 23.2 Å². The molecule has 29 heavy (non-hydrogen) atoms. The lowest BCUT2D eigenvalue weighted by molar-refractivity contribution is -0.106. The van der Waals surface area contributed by atoms with E-state index in [2.05, 4.69) is 5.32 Å². The van der Waals surface area contributed by atoms with Gasteiger partial charge in [0.05, 0.1) is 16.1 Å². The number of rotatable bonds is 3. The van der Waals surface area contributed by atoms with Crippen LogP contribution >= 0.6 is 23.2 Å². The molecule has 0 spiro atoms. The highest BCUT2D eigenvalue weighted by atomic mass is 35.5. The smallest absolute Gasteiger partial charge is 0.275 e. The standard InChI is InChI=1S/C20H17Cl2N3O4/c21-12-3-1-2-9(15(12)22)6-23-19(28)11-7-24-8-14-10-4-5-13(10)25(14)20(29)16(24)18(27)17(11)26/h1-3,7,10,13-14,27H,4-6,8H2,(H,23,28)/t10?,13-,14-/m0/s1. The van der Waals surface area contributed by atoms with E-state index in [1.807, 2.05) is 0 Å². The highest BCUT2D eigenvalue weighted by Crippen LogP contribution is 2.50. The summed E-state index contributed by atoms with van der Waals surface area (Å²) in [6, 6.07) is 5.35. The van der Waals surface area contributed by atoms with Crippen molar-refractivity contribution < 1.29 is 14.7 Å². The number of hydrogen-bond donors (Lipinski definition) is 2. The van der Waals surface area contributed by atoms with Crippen LogP contribution in [0.3, 0.4) is 0 Å². The minimum atomic E-state index is -0.858. The van der Waals surface area contributed by atoms with E-state index in [9.17, 15) is 19.5 Å². The average molecular weight is 434 g/mol. The number of amides is 2. The van der Waals surface area contributed by atoms with Gasteiger partial charge in [-0.15, -0.1) is 0 Å². The normalized spacial score (nSPS) is 24.0. The zero-order valence-electron chi connectivity index (χ0n) is 15.2. The molecular formula is C20H17Cl2N3O4. The topological polar surface area (TPSA) is 91.6 Å². The molecule has 2 fully saturated rings. The van der Waals surface area contributed by atoms with E-state index in [0.29, 0.717) is 28.1 Å². The molecule has 9 heteroatoms. The summed E-state index contributed by atoms with van der Waals surface area (Å²) in [5.41, 5.74) is -0.504. The third-order valence-electron chi connectivity index (χ3n) is 6.29. The molecule has 2 amide bonds. The van der Waals surface area contributed by atoms with E-state index in [1.54, 1.807) is 23.1 Å². The van der Waals surface area contributed by atoms with Gasteiger partial charge in [0.2, 0.25) is 5.43 Å². The number of aromatic nitrogens is 1. The van der Waals surface area contributed by atoms with Crippen molar-refractivity contribution in [3.63, 3.8) is 0 Å². The first kappa shape index (κ1) is 18.5. The fourth-order valence-corrected chi connectivity index (χ4v) is 5.02. The summed E-state index contributed by atoms with van der Waals surface area (Å²) in [6.07, 6.45) is 3.41. The molecule has 1 aromatic heterocycles. The minimum absolute atomic E-state index is 0.0361. The lowest BCUT2D eigenvalue weighted by Crippen LogP contribution is -2.73. The predicted octanol–water partition coefficient (Wildman–Crippen LogP) is 2.41. The van der Waals surface area contributed by atoms with Crippen LogP contribution in [0, 0.1) is 5.92 Å². The lowest BCUT2D eigenvalue weighted by Gasteiger charge is -2.63. The van der Waals surface area contributed by atoms with Crippen LogP contribution in [0.4, 0.5) is 0 Å². The number of nitrogens with one attached hydrogen (secondary N) is 1. The Morgan fingerprint density at radius 1 is 1.21 bits per heavy atom. The average Bonchev–Trinajstić information content (AvgIpc) is 2.67. The van der Waals surface area contributed by atoms with E-state index in [0.717, 1.165) is 12.8 Å². The molecule has 3 heterocycles. The molecule has 1 aromatic carbocycles. The highest BCUT2D eigenvalue weighted by Gasteiger charge is 2.58. The Hall–Kier alpha value is -2.51. The molecule has 5 rings (SSSR count). The Morgan fingerprint density at radius 2 is 2.00 bits per heavy atom. The SMILES string of the molecule is O=C(NCc1cccc(Cl)c1Cl)c1cn2c(c(O)c1=O)C(=O)N1[C@H]3CCC3[C@@H]1C2. The van der Waals surface area contributed by atoms with Crippen molar-refractivity contribution in [3.05, 3.63) is 61.5 Å². The maximum atomic E-state index is 12.8. The Bertz CT molecular complexity index is 1130. The monoisotopic (exact) mass is 433 g/mol. The Morgan fingerprint density at radius 3 is 2.72 bits per heavy atom. The van der Waals surface area contributed by atoms with E-state index in [1.165, 1.54) is 10.8 Å². The van der Waals surface area contributed by atoms with Crippen LogP contribution in [-0.4, -0.2) is 38.5 Å². The second-order valence-corrected chi connectivity index (χ2v) is 8.49. The third kappa shape index (κ3) is 2.60. The van der Waals surface area contributed by atoms with Crippen molar-refractivity contribution in [3.8, 4) is 5.75 Å². The largest absolute Gasteiger partial charge is 0.503 e. The van der Waals surface area contributed by atoms with Crippen LogP contribution < -0.4 is 10.7 Å². The van der Waals surface area contributed by atoms with Crippen molar-refractivity contribution in [2.75, 3.05) is 0 Å². The van der Waals surface area contributed by atoms with E-state index >= 15 is 0 Å². The molecule has 2 N–H and O–H groups in total. The van der Waals surface area contributed by atoms with Gasteiger partial charge in [-0.05, 0) is 24.5 Å². The van der Waals surface area contributed by atoms with Gasteiger partial charge in [0, 0.05) is 31.2 Å². The van der Waals surface area contributed by atoms with Gasteiger partial charge < -0.3 is 19.9 Å². The van der Waals surface area contributed by atoms with Gasteiger partial charge in [0.15, 0.2) is 11.4 Å². The van der Waals surface area contributed by atoms with Crippen LogP contribution in [0.25, 0.3) is 0 Å². The van der Waals surface area contributed by atoms with Crippen molar-refractivity contribution in [2.24, 2.45) is 5.92 Å². The molecule has 1 unspecified atom stereocenters. The Balaban J connectivity index is 1.43. The van der Waals surface area contributed by atoms with Gasteiger partial charge in [0.25, 0.3) is 11.8 Å². The predicted molar refractivity (Wildman–Crippen MR) is 106 cm³/mol. The molecule has 7 nitrogen and oxygen atoms in total. The molecule has 3 atom stereocenters. The van der Waals surface area contributed by atoms with Crippen LogP contribution in [0.5, 0.6) is 5.75 Å². The number of hydrogen-bond acceptors (Lipinski definition) is 4. The van der Waals surface area contributed by atoms with Crippen LogP contribution in [0.2, 0.25) is 10.0 Å². The summed E-state index contributed by atoms with van der Waals surface area (Å²) in [7, 11) is 0. The molecule has 2 aromatic rings. The second kappa shape index (κ2) is 6.50. The first-order valence-electron chi connectivity index (χ1n) is 9.38. The molecule has 3 aliphatic rings. The molecule has 0 radical (unpaired) electrons. The van der Waals surface area contributed by atoms with Gasteiger partial charge in [-0.2, -0.15) is 0 Å².